The van der Waals surface area contributed by atoms with E-state index < -0.39 is 0 Å². The molecule has 5 aromatic heterocycles. The van der Waals surface area contributed by atoms with Crippen LogP contribution < -0.4 is 0 Å². The lowest BCUT2D eigenvalue weighted by Crippen LogP contribution is -2.03. The van der Waals surface area contributed by atoms with Gasteiger partial charge in [-0.25, -0.2) is 15.0 Å². The molecular formula is C45H25N5S. The number of hydrogen-bond donors (Lipinski definition) is 0. The van der Waals surface area contributed by atoms with Gasteiger partial charge in [0.25, 0.3) is 0 Å². The minimum Gasteiger partial charge on any atom is -0.308 e. The van der Waals surface area contributed by atoms with Crippen molar-refractivity contribution in [3.63, 3.8) is 0 Å². The fourth-order valence-electron chi connectivity index (χ4n) is 8.31. The molecule has 0 atom stereocenters. The van der Waals surface area contributed by atoms with Crippen molar-refractivity contribution in [2.75, 3.05) is 0 Å². The zero-order valence-corrected chi connectivity index (χ0v) is 27.9. The van der Waals surface area contributed by atoms with Crippen LogP contribution in [0.3, 0.4) is 0 Å². The molecule has 0 aliphatic carbocycles. The highest BCUT2D eigenvalue weighted by molar-refractivity contribution is 7.22. The Morgan fingerprint density at radius 1 is 0.431 bits per heavy atom. The van der Waals surface area contributed by atoms with Crippen LogP contribution in [0.2, 0.25) is 0 Å². The average molecular weight is 668 g/mol. The van der Waals surface area contributed by atoms with E-state index in [0.717, 1.165) is 49.3 Å². The molecular weight excluding hydrogens is 643 g/mol. The highest BCUT2D eigenvalue weighted by Crippen LogP contribution is 2.46. The Kier molecular flexibility index (Phi) is 5.32. The van der Waals surface area contributed by atoms with Crippen LogP contribution in [0.5, 0.6) is 0 Å². The molecule has 51 heavy (non-hydrogen) atoms. The summed E-state index contributed by atoms with van der Waals surface area (Å²) in [4.78, 5) is 15.8. The molecule has 7 aromatic carbocycles. The Morgan fingerprint density at radius 3 is 1.86 bits per heavy atom. The van der Waals surface area contributed by atoms with E-state index in [1.807, 2.05) is 0 Å². The first-order valence-corrected chi connectivity index (χ1v) is 17.9. The summed E-state index contributed by atoms with van der Waals surface area (Å²) >= 11 is 1.78. The Hall–Kier alpha value is -6.63. The maximum absolute atomic E-state index is 5.40. The first-order valence-electron chi connectivity index (χ1n) is 17.1. The normalized spacial score (nSPS) is 12.3. The van der Waals surface area contributed by atoms with Crippen molar-refractivity contribution in [3.8, 4) is 27.8 Å². The summed E-state index contributed by atoms with van der Waals surface area (Å²) in [6.07, 6.45) is 0. The molecule has 0 saturated heterocycles. The van der Waals surface area contributed by atoms with E-state index >= 15 is 0 Å². The second kappa shape index (κ2) is 9.97. The SMILES string of the molecule is c1ccc(-c2nc3cc4c5cc(-c6nc(-n7c8ccccc8c8ccccc87)nc7ccccc67)ccc5n5c6ccccc6c(c3s2)c45)cc1. The van der Waals surface area contributed by atoms with Crippen LogP contribution in [0, 0.1) is 0 Å². The minimum absolute atomic E-state index is 0.665. The number of hydrogen-bond acceptors (Lipinski definition) is 4. The van der Waals surface area contributed by atoms with E-state index in [0.29, 0.717) is 5.95 Å². The summed E-state index contributed by atoms with van der Waals surface area (Å²) in [6, 6.07) is 53.8. The van der Waals surface area contributed by atoms with Gasteiger partial charge < -0.3 is 4.40 Å². The molecule has 12 aromatic rings. The van der Waals surface area contributed by atoms with Crippen LogP contribution in [0.15, 0.2) is 152 Å². The Balaban J connectivity index is 1.16. The van der Waals surface area contributed by atoms with E-state index in [1.165, 1.54) is 53.6 Å². The molecule has 6 heteroatoms. The highest BCUT2D eigenvalue weighted by atomic mass is 32.1. The third kappa shape index (κ3) is 3.66. The zero-order chi connectivity index (χ0) is 33.2. The smallest absolute Gasteiger partial charge is 0.235 e. The maximum atomic E-state index is 5.40. The van der Waals surface area contributed by atoms with Gasteiger partial charge in [-0.3, -0.25) is 4.57 Å². The van der Waals surface area contributed by atoms with Crippen LogP contribution in [-0.2, 0) is 0 Å². The van der Waals surface area contributed by atoms with Gasteiger partial charge in [0.2, 0.25) is 5.95 Å². The van der Waals surface area contributed by atoms with Crippen molar-refractivity contribution >= 4 is 92.4 Å². The van der Waals surface area contributed by atoms with E-state index in [-0.39, 0.29) is 0 Å². The van der Waals surface area contributed by atoms with E-state index in [1.54, 1.807) is 11.3 Å². The van der Waals surface area contributed by atoms with E-state index in [9.17, 15) is 0 Å². The lowest BCUT2D eigenvalue weighted by Gasteiger charge is -2.12. The van der Waals surface area contributed by atoms with Gasteiger partial charge in [-0.2, -0.15) is 0 Å². The monoisotopic (exact) mass is 667 g/mol. The van der Waals surface area contributed by atoms with Gasteiger partial charge >= 0.3 is 0 Å². The topological polar surface area (TPSA) is 48.0 Å². The number of benzene rings is 7. The maximum Gasteiger partial charge on any atom is 0.235 e. The van der Waals surface area contributed by atoms with Crippen molar-refractivity contribution in [1.29, 1.82) is 0 Å². The minimum atomic E-state index is 0.665. The quantitative estimate of drug-likeness (QED) is 0.188. The molecule has 0 aliphatic heterocycles. The number of thiazole rings is 1. The summed E-state index contributed by atoms with van der Waals surface area (Å²) < 4.78 is 5.88. The molecule has 0 fully saturated rings. The van der Waals surface area contributed by atoms with Gasteiger partial charge in [0.15, 0.2) is 0 Å². The van der Waals surface area contributed by atoms with Crippen molar-refractivity contribution < 1.29 is 0 Å². The van der Waals surface area contributed by atoms with Crippen LogP contribution in [0.25, 0.3) is 109 Å². The van der Waals surface area contributed by atoms with Gasteiger partial charge in [0.05, 0.1) is 49.0 Å². The molecule has 0 amide bonds. The van der Waals surface area contributed by atoms with Crippen LogP contribution in [0.1, 0.15) is 0 Å². The Labute approximate surface area is 294 Å². The molecule has 0 radical (unpaired) electrons. The first kappa shape index (κ1) is 27.2. The summed E-state index contributed by atoms with van der Waals surface area (Å²) in [5.74, 6) is 0.665. The Bertz CT molecular complexity index is 3320. The van der Waals surface area contributed by atoms with E-state index in [2.05, 4.69) is 161 Å². The third-order valence-electron chi connectivity index (χ3n) is 10.5. The van der Waals surface area contributed by atoms with Gasteiger partial charge in [0, 0.05) is 48.8 Å². The standard InChI is InChI=1S/C45H25N5S/c1-2-12-26(13-3-1)44-46-35-25-33-32-24-27(22-23-39(32)49-38-21-11-7-17-31(38)40(42(33)49)43(35)51-44)41-30-16-4-8-18-34(30)47-45(48-41)50-36-19-9-5-14-28(36)29-15-6-10-20-37(29)50/h1-25H. The first-order chi connectivity index (χ1) is 25.3. The largest absolute Gasteiger partial charge is 0.308 e. The van der Waals surface area contributed by atoms with Crippen molar-refractivity contribution in [1.82, 2.24) is 23.9 Å². The van der Waals surface area contributed by atoms with Crippen LogP contribution >= 0.6 is 11.3 Å². The number of rotatable bonds is 3. The molecule has 236 valence electrons. The summed E-state index contributed by atoms with van der Waals surface area (Å²) in [6.45, 7) is 0. The lowest BCUT2D eigenvalue weighted by molar-refractivity contribution is 1.01. The summed E-state index contributed by atoms with van der Waals surface area (Å²) in [5, 5.41) is 9.38. The molecule has 5 heterocycles. The second-order valence-electron chi connectivity index (χ2n) is 13.2. The number of aromatic nitrogens is 5. The third-order valence-corrected chi connectivity index (χ3v) is 11.6. The molecule has 0 N–H and O–H groups in total. The predicted octanol–water partition coefficient (Wildman–Crippen LogP) is 11.8. The van der Waals surface area contributed by atoms with Crippen molar-refractivity contribution in [2.45, 2.75) is 0 Å². The van der Waals surface area contributed by atoms with Gasteiger partial charge in [-0.05, 0) is 42.5 Å². The molecule has 0 saturated carbocycles. The highest BCUT2D eigenvalue weighted by Gasteiger charge is 2.23. The van der Waals surface area contributed by atoms with Crippen molar-refractivity contribution in [2.24, 2.45) is 0 Å². The Morgan fingerprint density at radius 2 is 1.08 bits per heavy atom. The molecule has 0 aliphatic rings. The summed E-state index contributed by atoms with van der Waals surface area (Å²) in [5.41, 5.74) is 10.9. The molecule has 0 unspecified atom stereocenters. The van der Waals surface area contributed by atoms with Gasteiger partial charge in [0.1, 0.15) is 5.01 Å². The average Bonchev–Trinajstić information content (AvgIpc) is 3.94. The van der Waals surface area contributed by atoms with E-state index in [4.69, 9.17) is 15.0 Å². The predicted molar refractivity (Wildman–Crippen MR) is 213 cm³/mol. The fraction of sp³-hybridized carbons (Fsp3) is 0. The van der Waals surface area contributed by atoms with Crippen LogP contribution in [0.4, 0.5) is 0 Å². The molecule has 12 rings (SSSR count). The number of nitrogens with zero attached hydrogens (tertiary/aromatic N) is 5. The van der Waals surface area contributed by atoms with Crippen molar-refractivity contribution in [3.05, 3.63) is 152 Å². The second-order valence-corrected chi connectivity index (χ2v) is 14.2. The summed E-state index contributed by atoms with van der Waals surface area (Å²) in [7, 11) is 0. The number of para-hydroxylation sites is 4. The van der Waals surface area contributed by atoms with Crippen LogP contribution in [-0.4, -0.2) is 23.9 Å². The molecule has 0 spiro atoms. The van der Waals surface area contributed by atoms with Gasteiger partial charge in [-0.1, -0.05) is 109 Å². The van der Waals surface area contributed by atoms with Gasteiger partial charge in [-0.15, -0.1) is 11.3 Å². The lowest BCUT2D eigenvalue weighted by atomic mass is 10.0. The zero-order valence-electron chi connectivity index (χ0n) is 27.1. The molecule has 5 nitrogen and oxygen atoms in total. The molecule has 0 bridgehead atoms. The fourth-order valence-corrected chi connectivity index (χ4v) is 9.42. The number of fused-ring (bicyclic) bond motifs is 12.